The van der Waals surface area contributed by atoms with Crippen molar-refractivity contribution in [1.82, 2.24) is 5.32 Å². The van der Waals surface area contributed by atoms with Gasteiger partial charge in [0.1, 0.15) is 12.3 Å². The van der Waals surface area contributed by atoms with Crippen molar-refractivity contribution in [1.29, 1.82) is 0 Å². The minimum absolute atomic E-state index is 0.0700. The summed E-state index contributed by atoms with van der Waals surface area (Å²) in [6.45, 7) is 2.23. The van der Waals surface area contributed by atoms with E-state index in [1.807, 2.05) is 0 Å². The Labute approximate surface area is 188 Å². The highest BCUT2D eigenvalue weighted by Gasteiger charge is 2.41. The topological polar surface area (TPSA) is 45.8 Å². The summed E-state index contributed by atoms with van der Waals surface area (Å²) in [4.78, 5) is 2.43. The van der Waals surface area contributed by atoms with Crippen LogP contribution in [0.1, 0.15) is 42.4 Å². The van der Waals surface area contributed by atoms with Crippen molar-refractivity contribution in [3.05, 3.63) is 89.5 Å². The van der Waals surface area contributed by atoms with Gasteiger partial charge in [0.25, 0.3) is 0 Å². The molecule has 0 spiro atoms. The van der Waals surface area contributed by atoms with Gasteiger partial charge in [-0.1, -0.05) is 73.3 Å². The Morgan fingerprint density at radius 1 is 1.03 bits per heavy atom. The molecule has 4 unspecified atom stereocenters. The third-order valence-corrected chi connectivity index (χ3v) is 7.15. The summed E-state index contributed by atoms with van der Waals surface area (Å²) in [5, 5.41) is 7.26. The maximum atomic E-state index is 6.03. The first-order valence-electron chi connectivity index (χ1n) is 10.9. The Morgan fingerprint density at radius 3 is 2.65 bits per heavy atom. The molecule has 5 rings (SSSR count). The number of nitrogens with one attached hydrogen (secondary N) is 2. The smallest absolute Gasteiger partial charge is 0.154 e. The average Bonchev–Trinajstić information content (AvgIpc) is 3.60. The highest BCUT2D eigenvalue weighted by molar-refractivity contribution is 7.99. The van der Waals surface area contributed by atoms with Gasteiger partial charge >= 0.3 is 0 Å². The first-order chi connectivity index (χ1) is 15.2. The van der Waals surface area contributed by atoms with Gasteiger partial charge < -0.3 is 14.8 Å². The van der Waals surface area contributed by atoms with Crippen molar-refractivity contribution >= 4 is 17.4 Å². The van der Waals surface area contributed by atoms with Crippen LogP contribution in [0.25, 0.3) is 0 Å². The number of fused-ring (bicyclic) bond motifs is 2. The van der Waals surface area contributed by atoms with E-state index in [1.54, 1.807) is 18.9 Å². The molecule has 4 atom stereocenters. The molecule has 3 aromatic carbocycles. The SMILES string of the molecule is CCC(Cc1ccccc1)NC1OC1c1ccc2c(c1)NC(OC)c1ccccc1S2. The number of benzene rings is 3. The molecule has 0 bridgehead atoms. The monoisotopic (exact) mass is 432 g/mol. The summed E-state index contributed by atoms with van der Waals surface area (Å²) < 4.78 is 11.8. The fraction of sp³-hybridized carbons (Fsp3) is 0.308. The molecule has 160 valence electrons. The molecular weight excluding hydrogens is 404 g/mol. The van der Waals surface area contributed by atoms with Crippen molar-refractivity contribution in [2.45, 2.75) is 54.2 Å². The highest BCUT2D eigenvalue weighted by Crippen LogP contribution is 2.45. The fourth-order valence-corrected chi connectivity index (χ4v) is 5.22. The first-order valence-corrected chi connectivity index (χ1v) is 11.7. The molecule has 0 radical (unpaired) electrons. The van der Waals surface area contributed by atoms with Crippen LogP contribution in [0.5, 0.6) is 0 Å². The maximum Gasteiger partial charge on any atom is 0.154 e. The third-order valence-electron chi connectivity index (χ3n) is 5.99. The molecule has 0 aliphatic carbocycles. The second-order valence-electron chi connectivity index (χ2n) is 8.09. The van der Waals surface area contributed by atoms with Crippen molar-refractivity contribution in [2.24, 2.45) is 0 Å². The molecule has 0 amide bonds. The molecule has 5 heteroatoms. The molecule has 4 nitrogen and oxygen atoms in total. The lowest BCUT2D eigenvalue weighted by atomic mass is 10.0. The van der Waals surface area contributed by atoms with E-state index < -0.39 is 0 Å². The summed E-state index contributed by atoms with van der Waals surface area (Å²) in [6, 6.07) is 26.1. The maximum absolute atomic E-state index is 6.03. The van der Waals surface area contributed by atoms with Gasteiger partial charge in [-0.2, -0.15) is 0 Å². The Hall–Kier alpha value is -2.31. The van der Waals surface area contributed by atoms with E-state index in [-0.39, 0.29) is 18.6 Å². The van der Waals surface area contributed by atoms with Crippen LogP contribution in [0.15, 0.2) is 82.6 Å². The van der Waals surface area contributed by atoms with Gasteiger partial charge in [0.2, 0.25) is 0 Å². The molecule has 3 aromatic rings. The second kappa shape index (κ2) is 9.05. The summed E-state index contributed by atoms with van der Waals surface area (Å²) >= 11 is 1.78. The molecule has 31 heavy (non-hydrogen) atoms. The van der Waals surface area contributed by atoms with Gasteiger partial charge in [0, 0.05) is 28.5 Å². The van der Waals surface area contributed by atoms with Crippen molar-refractivity contribution in [3.8, 4) is 0 Å². The number of hydrogen-bond donors (Lipinski definition) is 2. The van der Waals surface area contributed by atoms with Crippen LogP contribution in [-0.2, 0) is 15.9 Å². The lowest BCUT2D eigenvalue weighted by Gasteiger charge is -2.18. The summed E-state index contributed by atoms with van der Waals surface area (Å²) in [5.74, 6) is 0. The van der Waals surface area contributed by atoms with Crippen LogP contribution in [0.4, 0.5) is 5.69 Å². The van der Waals surface area contributed by atoms with E-state index in [2.05, 4.69) is 90.4 Å². The van der Waals surface area contributed by atoms with Gasteiger partial charge in [-0.3, -0.25) is 5.32 Å². The molecule has 1 saturated heterocycles. The van der Waals surface area contributed by atoms with Gasteiger partial charge in [0.15, 0.2) is 6.23 Å². The van der Waals surface area contributed by atoms with Gasteiger partial charge in [-0.15, -0.1) is 0 Å². The normalized spacial score (nSPS) is 22.6. The van der Waals surface area contributed by atoms with Gasteiger partial charge in [-0.25, -0.2) is 0 Å². The number of ether oxygens (including phenoxy) is 2. The summed E-state index contributed by atoms with van der Waals surface area (Å²) in [5.41, 5.74) is 4.81. The van der Waals surface area contributed by atoms with E-state index in [9.17, 15) is 0 Å². The van der Waals surface area contributed by atoms with Crippen molar-refractivity contribution < 1.29 is 9.47 Å². The zero-order chi connectivity index (χ0) is 21.2. The fourth-order valence-electron chi connectivity index (χ4n) is 4.18. The van der Waals surface area contributed by atoms with Crippen molar-refractivity contribution in [3.63, 3.8) is 0 Å². The number of anilines is 1. The van der Waals surface area contributed by atoms with E-state index in [0.29, 0.717) is 6.04 Å². The predicted octanol–water partition coefficient (Wildman–Crippen LogP) is 5.92. The van der Waals surface area contributed by atoms with E-state index in [4.69, 9.17) is 9.47 Å². The molecule has 2 N–H and O–H groups in total. The predicted molar refractivity (Wildman–Crippen MR) is 125 cm³/mol. The molecule has 2 aliphatic heterocycles. The zero-order valence-corrected chi connectivity index (χ0v) is 18.7. The van der Waals surface area contributed by atoms with Crippen LogP contribution in [0, 0.1) is 0 Å². The summed E-state index contributed by atoms with van der Waals surface area (Å²) in [6.07, 6.45) is 2.08. The molecule has 2 heterocycles. The highest BCUT2D eigenvalue weighted by atomic mass is 32.2. The third kappa shape index (κ3) is 4.51. The van der Waals surface area contributed by atoms with Crippen LogP contribution < -0.4 is 10.6 Å². The van der Waals surface area contributed by atoms with E-state index in [0.717, 1.165) is 18.5 Å². The lowest BCUT2D eigenvalue weighted by molar-refractivity contribution is 0.125. The largest absolute Gasteiger partial charge is 0.357 e. The second-order valence-corrected chi connectivity index (χ2v) is 9.18. The van der Waals surface area contributed by atoms with Crippen molar-refractivity contribution in [2.75, 3.05) is 12.4 Å². The molecule has 2 aliphatic rings. The lowest BCUT2D eigenvalue weighted by Crippen LogP contribution is -2.33. The molecule has 1 fully saturated rings. The average molecular weight is 433 g/mol. The Kier molecular flexibility index (Phi) is 6.01. The van der Waals surface area contributed by atoms with Crippen LogP contribution in [0.2, 0.25) is 0 Å². The van der Waals surface area contributed by atoms with Gasteiger partial charge in [-0.05, 0) is 42.2 Å². The zero-order valence-electron chi connectivity index (χ0n) is 17.9. The summed E-state index contributed by atoms with van der Waals surface area (Å²) in [7, 11) is 1.75. The minimum Gasteiger partial charge on any atom is -0.357 e. The molecular formula is C26H28N2O2S. The molecule has 0 aromatic heterocycles. The van der Waals surface area contributed by atoms with E-state index in [1.165, 1.54) is 26.5 Å². The van der Waals surface area contributed by atoms with Crippen LogP contribution in [-0.4, -0.2) is 19.4 Å². The Balaban J connectivity index is 1.29. The quantitative estimate of drug-likeness (QED) is 0.454. The van der Waals surface area contributed by atoms with Crippen LogP contribution in [0.3, 0.4) is 0 Å². The number of rotatable bonds is 7. The minimum atomic E-state index is -0.162. The van der Waals surface area contributed by atoms with Crippen LogP contribution >= 0.6 is 11.8 Å². The first kappa shape index (κ1) is 20.6. The molecule has 0 saturated carbocycles. The number of hydrogen-bond acceptors (Lipinski definition) is 5. The standard InChI is InChI=1S/C26H28N2O2S/c1-3-19(15-17-9-5-4-6-10-17)27-26-24(30-26)18-13-14-23-21(16-18)28-25(29-2)20-11-7-8-12-22(20)31-23/h4-14,16,19,24-28H,3,15H2,1-2H3. The Bertz CT molecular complexity index is 1040. The number of epoxide rings is 1. The van der Waals surface area contributed by atoms with E-state index >= 15 is 0 Å². The Morgan fingerprint density at radius 2 is 1.84 bits per heavy atom. The number of methoxy groups -OCH3 is 1. The van der Waals surface area contributed by atoms with Gasteiger partial charge in [0.05, 0.1) is 5.69 Å².